The minimum absolute atomic E-state index is 0.193. The van der Waals surface area contributed by atoms with Crippen molar-refractivity contribution in [2.75, 3.05) is 0 Å². The van der Waals surface area contributed by atoms with Crippen molar-refractivity contribution in [1.29, 1.82) is 0 Å². The first-order chi connectivity index (χ1) is 10.2. The zero-order valence-corrected chi connectivity index (χ0v) is 12.1. The second-order valence-corrected chi connectivity index (χ2v) is 4.97. The predicted molar refractivity (Wildman–Crippen MR) is 85.2 cm³/mol. The smallest absolute Gasteiger partial charge is 0.267 e. The summed E-state index contributed by atoms with van der Waals surface area (Å²) < 4.78 is 1.28. The summed E-state index contributed by atoms with van der Waals surface area (Å²) in [6, 6.07) is 14.5. The van der Waals surface area contributed by atoms with Crippen LogP contribution in [0.25, 0.3) is 10.9 Å². The van der Waals surface area contributed by atoms with Gasteiger partial charge in [0, 0.05) is 10.6 Å². The molecule has 104 valence electrons. The molecule has 3 aromatic rings. The fraction of sp³-hybridized carbons (Fsp3) is 0.0625. The summed E-state index contributed by atoms with van der Waals surface area (Å²) in [5, 5.41) is 5.34. The van der Waals surface area contributed by atoms with Crippen molar-refractivity contribution in [3.05, 3.63) is 75.3 Å². The van der Waals surface area contributed by atoms with Gasteiger partial charge in [0.2, 0.25) is 0 Å². The molecule has 3 rings (SSSR count). The Morgan fingerprint density at radius 3 is 2.67 bits per heavy atom. The third kappa shape index (κ3) is 2.58. The lowest BCUT2D eigenvalue weighted by Crippen LogP contribution is -2.20. The molecule has 0 bridgehead atoms. The Labute approximate surface area is 126 Å². The third-order valence-corrected chi connectivity index (χ3v) is 3.48. The molecule has 1 aromatic heterocycles. The van der Waals surface area contributed by atoms with E-state index in [0.29, 0.717) is 21.7 Å². The Kier molecular flexibility index (Phi) is 3.54. The normalized spacial score (nSPS) is 11.3. The fourth-order valence-electron chi connectivity index (χ4n) is 2.07. The number of aryl methyl sites for hydroxylation is 1. The molecule has 21 heavy (non-hydrogen) atoms. The maximum atomic E-state index is 12.4. The van der Waals surface area contributed by atoms with Crippen LogP contribution < -0.4 is 5.56 Å². The van der Waals surface area contributed by atoms with Crippen LogP contribution >= 0.6 is 11.6 Å². The van der Waals surface area contributed by atoms with Crippen molar-refractivity contribution < 1.29 is 0 Å². The summed E-state index contributed by atoms with van der Waals surface area (Å²) in [5.74, 6) is 0.530. The summed E-state index contributed by atoms with van der Waals surface area (Å²) >= 11 is 6.07. The van der Waals surface area contributed by atoms with Gasteiger partial charge in [-0.1, -0.05) is 41.9 Å². The number of rotatable bonds is 2. The van der Waals surface area contributed by atoms with Gasteiger partial charge in [-0.25, -0.2) is 4.98 Å². The van der Waals surface area contributed by atoms with E-state index in [9.17, 15) is 4.79 Å². The van der Waals surface area contributed by atoms with E-state index in [1.807, 2.05) is 36.4 Å². The summed E-state index contributed by atoms with van der Waals surface area (Å²) in [6.07, 6.45) is 1.56. The summed E-state index contributed by atoms with van der Waals surface area (Å²) in [4.78, 5) is 16.8. The van der Waals surface area contributed by atoms with Gasteiger partial charge in [0.05, 0.1) is 17.1 Å². The lowest BCUT2D eigenvalue weighted by Gasteiger charge is -2.05. The maximum Gasteiger partial charge on any atom is 0.282 e. The highest BCUT2D eigenvalue weighted by molar-refractivity contribution is 6.33. The first-order valence-electron chi connectivity index (χ1n) is 6.44. The minimum Gasteiger partial charge on any atom is -0.267 e. The van der Waals surface area contributed by atoms with Crippen molar-refractivity contribution in [2.24, 2.45) is 5.10 Å². The van der Waals surface area contributed by atoms with Gasteiger partial charge in [-0.2, -0.15) is 9.78 Å². The molecule has 0 amide bonds. The Hall–Kier alpha value is -2.46. The van der Waals surface area contributed by atoms with Crippen molar-refractivity contribution in [3.8, 4) is 0 Å². The number of aromatic nitrogens is 2. The molecule has 2 aromatic carbocycles. The van der Waals surface area contributed by atoms with Gasteiger partial charge in [-0.15, -0.1) is 0 Å². The van der Waals surface area contributed by atoms with Crippen LogP contribution in [0.4, 0.5) is 0 Å². The summed E-state index contributed by atoms with van der Waals surface area (Å²) in [6.45, 7) is 1.75. The standard InChI is InChI=1S/C16H12ClN3O/c1-11-19-15-9-5-3-7-13(15)16(21)20(11)18-10-12-6-2-4-8-14(12)17/h2-10H,1H3/b18-10-. The van der Waals surface area contributed by atoms with Crippen molar-refractivity contribution >= 4 is 28.7 Å². The van der Waals surface area contributed by atoms with Gasteiger partial charge in [0.25, 0.3) is 5.56 Å². The molecule has 4 nitrogen and oxygen atoms in total. The second kappa shape index (κ2) is 5.50. The van der Waals surface area contributed by atoms with Gasteiger partial charge < -0.3 is 0 Å². The van der Waals surface area contributed by atoms with Crippen LogP contribution in [0.5, 0.6) is 0 Å². The lowest BCUT2D eigenvalue weighted by atomic mass is 10.2. The van der Waals surface area contributed by atoms with Crippen LogP contribution in [-0.4, -0.2) is 15.9 Å². The molecule has 0 aliphatic carbocycles. The molecule has 0 aliphatic heterocycles. The molecule has 0 N–H and O–H groups in total. The van der Waals surface area contributed by atoms with E-state index < -0.39 is 0 Å². The molecule has 0 spiro atoms. The molecule has 0 atom stereocenters. The van der Waals surface area contributed by atoms with E-state index >= 15 is 0 Å². The van der Waals surface area contributed by atoms with Crippen molar-refractivity contribution in [3.63, 3.8) is 0 Å². The SMILES string of the molecule is Cc1nc2ccccc2c(=O)n1/N=C\c1ccccc1Cl. The molecular formula is C16H12ClN3O. The molecule has 0 saturated heterocycles. The van der Waals surface area contributed by atoms with E-state index in [1.165, 1.54) is 4.68 Å². The average molecular weight is 298 g/mol. The maximum absolute atomic E-state index is 12.4. The molecular weight excluding hydrogens is 286 g/mol. The van der Waals surface area contributed by atoms with Gasteiger partial charge in [-0.05, 0) is 25.1 Å². The van der Waals surface area contributed by atoms with Crippen LogP contribution in [0.3, 0.4) is 0 Å². The molecule has 0 aliphatic rings. The van der Waals surface area contributed by atoms with E-state index in [1.54, 1.807) is 25.3 Å². The van der Waals surface area contributed by atoms with Crippen LogP contribution in [0.2, 0.25) is 5.02 Å². The Morgan fingerprint density at radius 1 is 1.14 bits per heavy atom. The lowest BCUT2D eigenvalue weighted by molar-refractivity contribution is 0.771. The van der Waals surface area contributed by atoms with Gasteiger partial charge in [-0.3, -0.25) is 4.79 Å². The van der Waals surface area contributed by atoms with E-state index in [2.05, 4.69) is 10.1 Å². The zero-order chi connectivity index (χ0) is 14.8. The largest absolute Gasteiger partial charge is 0.282 e. The summed E-state index contributed by atoms with van der Waals surface area (Å²) in [5.41, 5.74) is 1.23. The first kappa shape index (κ1) is 13.5. The summed E-state index contributed by atoms with van der Waals surface area (Å²) in [7, 11) is 0. The number of hydrogen-bond donors (Lipinski definition) is 0. The Balaban J connectivity index is 2.13. The number of halogens is 1. The molecule has 0 radical (unpaired) electrons. The van der Waals surface area contributed by atoms with Crippen molar-refractivity contribution in [2.45, 2.75) is 6.92 Å². The number of fused-ring (bicyclic) bond motifs is 1. The highest BCUT2D eigenvalue weighted by Gasteiger charge is 2.06. The van der Waals surface area contributed by atoms with E-state index in [0.717, 1.165) is 5.56 Å². The van der Waals surface area contributed by atoms with E-state index in [-0.39, 0.29) is 5.56 Å². The molecule has 1 heterocycles. The van der Waals surface area contributed by atoms with Crippen LogP contribution in [0.1, 0.15) is 11.4 Å². The van der Waals surface area contributed by atoms with Gasteiger partial charge >= 0.3 is 0 Å². The predicted octanol–water partition coefficient (Wildman–Crippen LogP) is 3.24. The number of hydrogen-bond acceptors (Lipinski definition) is 3. The van der Waals surface area contributed by atoms with Crippen LogP contribution in [-0.2, 0) is 0 Å². The second-order valence-electron chi connectivity index (χ2n) is 4.56. The minimum atomic E-state index is -0.193. The molecule has 0 fully saturated rings. The Morgan fingerprint density at radius 2 is 1.86 bits per heavy atom. The fourth-order valence-corrected chi connectivity index (χ4v) is 2.25. The highest BCUT2D eigenvalue weighted by Crippen LogP contribution is 2.12. The molecule has 0 saturated carbocycles. The highest BCUT2D eigenvalue weighted by atomic mass is 35.5. The molecule has 5 heteroatoms. The quantitative estimate of drug-likeness (QED) is 0.682. The topological polar surface area (TPSA) is 47.2 Å². The van der Waals surface area contributed by atoms with Gasteiger partial charge in [0.1, 0.15) is 5.82 Å². The van der Waals surface area contributed by atoms with Crippen LogP contribution in [0.15, 0.2) is 58.4 Å². The van der Waals surface area contributed by atoms with Crippen LogP contribution in [0, 0.1) is 6.92 Å². The third-order valence-electron chi connectivity index (χ3n) is 3.13. The zero-order valence-electron chi connectivity index (χ0n) is 11.3. The average Bonchev–Trinajstić information content (AvgIpc) is 2.49. The first-order valence-corrected chi connectivity index (χ1v) is 6.82. The van der Waals surface area contributed by atoms with Crippen molar-refractivity contribution in [1.82, 2.24) is 9.66 Å². The Bertz CT molecular complexity index is 899. The monoisotopic (exact) mass is 297 g/mol. The number of para-hydroxylation sites is 1. The van der Waals surface area contributed by atoms with E-state index in [4.69, 9.17) is 11.6 Å². The number of benzene rings is 2. The number of nitrogens with zero attached hydrogens (tertiary/aromatic N) is 3. The molecule has 0 unspecified atom stereocenters. The van der Waals surface area contributed by atoms with Gasteiger partial charge in [0.15, 0.2) is 0 Å².